The number of phenolic OH excluding ortho intramolecular Hbond substituents is 2. The van der Waals surface area contributed by atoms with E-state index in [4.69, 9.17) is 5.73 Å². The van der Waals surface area contributed by atoms with Crippen LogP contribution < -0.4 is 10.6 Å². The summed E-state index contributed by atoms with van der Waals surface area (Å²) in [4.78, 5) is 9.43. The van der Waals surface area contributed by atoms with Gasteiger partial charge in [-0.05, 0) is 74.2 Å². The molecule has 3 rings (SSSR count). The summed E-state index contributed by atoms with van der Waals surface area (Å²) in [6.45, 7) is 7.24. The first kappa shape index (κ1) is 18.4. The maximum atomic E-state index is 14.7. The van der Waals surface area contributed by atoms with Crippen LogP contribution in [0.3, 0.4) is 0 Å². The summed E-state index contributed by atoms with van der Waals surface area (Å²) in [5.74, 6) is -0.406. The quantitative estimate of drug-likeness (QED) is 0.637. The maximum absolute atomic E-state index is 14.7. The Hall–Kier alpha value is -3.35. The Morgan fingerprint density at radius 1 is 0.852 bits per heavy atom. The third-order valence-electron chi connectivity index (χ3n) is 4.90. The molecule has 0 saturated heterocycles. The summed E-state index contributed by atoms with van der Waals surface area (Å²) in [5.41, 5.74) is 9.85. The summed E-state index contributed by atoms with van der Waals surface area (Å²) < 4.78 is 14.7. The fourth-order valence-electron chi connectivity index (χ4n) is 2.95. The van der Waals surface area contributed by atoms with Gasteiger partial charge in [0.05, 0.1) is 17.6 Å². The van der Waals surface area contributed by atoms with Crippen LogP contribution >= 0.6 is 0 Å². The van der Waals surface area contributed by atoms with Crippen molar-refractivity contribution in [2.75, 3.05) is 10.6 Å². The van der Waals surface area contributed by atoms with Crippen molar-refractivity contribution in [3.63, 3.8) is 0 Å². The number of phenols is 2. The molecule has 0 aliphatic heterocycles. The molecule has 0 radical (unpaired) electrons. The molecule has 2 aromatic carbocycles. The molecule has 0 saturated carbocycles. The number of rotatable bonds is 3. The van der Waals surface area contributed by atoms with E-state index in [1.54, 1.807) is 43.0 Å². The smallest absolute Gasteiger partial charge is 0.222 e. The molecule has 6 nitrogen and oxygen atoms in total. The third kappa shape index (κ3) is 3.12. The summed E-state index contributed by atoms with van der Waals surface area (Å²) in [6.07, 6.45) is 1.02. The molecule has 7 heteroatoms. The lowest BCUT2D eigenvalue weighted by Gasteiger charge is -2.29. The van der Waals surface area contributed by atoms with Gasteiger partial charge >= 0.3 is 0 Å². The van der Waals surface area contributed by atoms with Crippen molar-refractivity contribution in [2.24, 2.45) is 0 Å². The second-order valence-electron chi connectivity index (χ2n) is 6.44. The SMILES string of the molecule is Cc1c(O)ccc(N(c2ccc(O)c(C)c2C)c2nc(N)ncc2F)c1C. The largest absolute Gasteiger partial charge is 0.508 e. The number of aromatic hydroxyl groups is 2. The molecule has 0 fully saturated rings. The summed E-state index contributed by atoms with van der Waals surface area (Å²) in [6, 6.07) is 6.49. The molecule has 1 heterocycles. The molecule has 27 heavy (non-hydrogen) atoms. The van der Waals surface area contributed by atoms with Crippen LogP contribution in [0.25, 0.3) is 0 Å². The van der Waals surface area contributed by atoms with Gasteiger partial charge in [0.1, 0.15) is 11.5 Å². The van der Waals surface area contributed by atoms with E-state index in [1.807, 2.05) is 13.8 Å². The number of anilines is 4. The molecule has 4 N–H and O–H groups in total. The predicted molar refractivity (Wildman–Crippen MR) is 103 cm³/mol. The zero-order chi connectivity index (χ0) is 19.9. The van der Waals surface area contributed by atoms with E-state index in [9.17, 15) is 14.6 Å². The zero-order valence-corrected chi connectivity index (χ0v) is 15.6. The van der Waals surface area contributed by atoms with Gasteiger partial charge in [0.25, 0.3) is 0 Å². The second-order valence-corrected chi connectivity index (χ2v) is 6.44. The van der Waals surface area contributed by atoms with Crippen molar-refractivity contribution in [1.29, 1.82) is 0 Å². The molecule has 0 spiro atoms. The van der Waals surface area contributed by atoms with Crippen molar-refractivity contribution in [3.8, 4) is 11.5 Å². The van der Waals surface area contributed by atoms with Gasteiger partial charge in [-0.1, -0.05) is 0 Å². The van der Waals surface area contributed by atoms with Crippen LogP contribution in [0, 0.1) is 33.5 Å². The van der Waals surface area contributed by atoms with E-state index in [1.165, 1.54) is 0 Å². The van der Waals surface area contributed by atoms with Gasteiger partial charge in [-0.2, -0.15) is 4.98 Å². The summed E-state index contributed by atoms with van der Waals surface area (Å²) in [5, 5.41) is 20.0. The number of halogens is 1. The monoisotopic (exact) mass is 368 g/mol. The number of nitrogens with zero attached hydrogens (tertiary/aromatic N) is 3. The lowest BCUT2D eigenvalue weighted by Crippen LogP contribution is -2.17. The van der Waals surface area contributed by atoms with Gasteiger partial charge in [0.2, 0.25) is 5.95 Å². The van der Waals surface area contributed by atoms with Gasteiger partial charge in [-0.3, -0.25) is 4.90 Å². The average molecular weight is 368 g/mol. The van der Waals surface area contributed by atoms with Crippen LogP contribution in [-0.2, 0) is 0 Å². The highest BCUT2D eigenvalue weighted by Gasteiger charge is 2.24. The van der Waals surface area contributed by atoms with Crippen molar-refractivity contribution in [3.05, 3.63) is 58.5 Å². The van der Waals surface area contributed by atoms with Crippen LogP contribution in [0.2, 0.25) is 0 Å². The Morgan fingerprint density at radius 3 is 1.81 bits per heavy atom. The van der Waals surface area contributed by atoms with Gasteiger partial charge in [-0.15, -0.1) is 0 Å². The van der Waals surface area contributed by atoms with Crippen molar-refractivity contribution >= 4 is 23.1 Å². The van der Waals surface area contributed by atoms with Crippen molar-refractivity contribution < 1.29 is 14.6 Å². The molecule has 0 aliphatic carbocycles. The Morgan fingerprint density at radius 2 is 1.33 bits per heavy atom. The molecule has 3 aromatic rings. The van der Waals surface area contributed by atoms with Crippen LogP contribution in [0.4, 0.5) is 27.5 Å². The average Bonchev–Trinajstić information content (AvgIpc) is 2.64. The number of nitrogen functional groups attached to an aromatic ring is 1. The topological polar surface area (TPSA) is 95.5 Å². The van der Waals surface area contributed by atoms with Crippen LogP contribution in [0.1, 0.15) is 22.3 Å². The van der Waals surface area contributed by atoms with E-state index >= 15 is 0 Å². The highest BCUT2D eigenvalue weighted by atomic mass is 19.1. The molecule has 0 unspecified atom stereocenters. The Labute approximate surface area is 156 Å². The van der Waals surface area contributed by atoms with Gasteiger partial charge in [-0.25, -0.2) is 9.37 Å². The molecule has 0 amide bonds. The number of benzene rings is 2. The van der Waals surface area contributed by atoms with Crippen molar-refractivity contribution in [1.82, 2.24) is 9.97 Å². The highest BCUT2D eigenvalue weighted by molar-refractivity contribution is 5.81. The highest BCUT2D eigenvalue weighted by Crippen LogP contribution is 2.42. The van der Waals surface area contributed by atoms with Crippen LogP contribution in [-0.4, -0.2) is 20.2 Å². The standard InChI is InChI=1S/C20H21FN4O2/c1-10-12(3)17(26)7-5-15(10)25(19-14(21)9-23-20(22)24-19)16-6-8-18(27)13(4)11(16)2/h5-9,26-27H,1-4H3,(H2,22,23,24). The fraction of sp³-hybridized carbons (Fsp3) is 0.200. The number of nitrogens with two attached hydrogens (primary N) is 1. The maximum Gasteiger partial charge on any atom is 0.222 e. The molecular formula is C20H21FN4O2. The lowest BCUT2D eigenvalue weighted by atomic mass is 10.0. The van der Waals surface area contributed by atoms with E-state index in [-0.39, 0.29) is 23.3 Å². The Kier molecular flexibility index (Phi) is 4.61. The summed E-state index contributed by atoms with van der Waals surface area (Å²) >= 11 is 0. The Bertz CT molecular complexity index is 979. The van der Waals surface area contributed by atoms with Gasteiger partial charge in [0, 0.05) is 0 Å². The second kappa shape index (κ2) is 6.75. The molecule has 0 atom stereocenters. The predicted octanol–water partition coefficient (Wildman–Crippen LogP) is 4.31. The van der Waals surface area contributed by atoms with Crippen LogP contribution in [0.5, 0.6) is 11.5 Å². The van der Waals surface area contributed by atoms with Crippen LogP contribution in [0.15, 0.2) is 30.5 Å². The molecule has 0 aliphatic rings. The normalized spacial score (nSPS) is 10.9. The van der Waals surface area contributed by atoms with E-state index in [2.05, 4.69) is 9.97 Å². The van der Waals surface area contributed by atoms with E-state index in [0.717, 1.165) is 17.3 Å². The first-order valence-electron chi connectivity index (χ1n) is 8.38. The molecule has 140 valence electrons. The molecule has 1 aromatic heterocycles. The van der Waals surface area contributed by atoms with Gasteiger partial charge < -0.3 is 15.9 Å². The first-order valence-corrected chi connectivity index (χ1v) is 8.38. The van der Waals surface area contributed by atoms with Gasteiger partial charge in [0.15, 0.2) is 11.6 Å². The van der Waals surface area contributed by atoms with E-state index in [0.29, 0.717) is 22.5 Å². The summed E-state index contributed by atoms with van der Waals surface area (Å²) in [7, 11) is 0. The fourth-order valence-corrected chi connectivity index (χ4v) is 2.95. The molecular weight excluding hydrogens is 347 g/mol. The van der Waals surface area contributed by atoms with E-state index < -0.39 is 5.82 Å². The minimum atomic E-state index is -0.639. The number of aromatic nitrogens is 2. The zero-order valence-electron chi connectivity index (χ0n) is 15.6. The number of hydrogen-bond acceptors (Lipinski definition) is 6. The lowest BCUT2D eigenvalue weighted by molar-refractivity contribution is 0.470. The third-order valence-corrected chi connectivity index (χ3v) is 4.90. The van der Waals surface area contributed by atoms with Crippen molar-refractivity contribution in [2.45, 2.75) is 27.7 Å². The minimum absolute atomic E-state index is 0.0103. The molecule has 0 bridgehead atoms. The first-order chi connectivity index (χ1) is 12.7. The number of hydrogen-bond donors (Lipinski definition) is 3. The Balaban J connectivity index is 2.37. The minimum Gasteiger partial charge on any atom is -0.508 e.